The van der Waals surface area contributed by atoms with Crippen molar-refractivity contribution in [1.29, 1.82) is 0 Å². The molecule has 1 aromatic carbocycles. The van der Waals surface area contributed by atoms with Crippen LogP contribution >= 0.6 is 11.8 Å². The largest absolute Gasteiger partial charge is 0.508 e. The number of fused-ring (bicyclic) bond motifs is 1. The van der Waals surface area contributed by atoms with Crippen molar-refractivity contribution in [1.82, 2.24) is 10.2 Å². The van der Waals surface area contributed by atoms with Crippen LogP contribution in [0.1, 0.15) is 24.9 Å². The van der Waals surface area contributed by atoms with E-state index in [4.69, 9.17) is 10.5 Å². The number of aromatic hydroxyl groups is 1. The molecule has 0 bridgehead atoms. The first kappa shape index (κ1) is 26.5. The molecule has 1 unspecified atom stereocenters. The van der Waals surface area contributed by atoms with Gasteiger partial charge in [0.15, 0.2) is 6.10 Å². The fraction of sp³-hybridized carbons (Fsp3) is 0.478. The van der Waals surface area contributed by atoms with E-state index in [9.17, 15) is 29.4 Å². The van der Waals surface area contributed by atoms with E-state index >= 15 is 0 Å². The average Bonchev–Trinajstić information content (AvgIpc) is 2.75. The number of β-lactam (4-membered cyclic amide) rings is 1. The third-order valence-corrected chi connectivity index (χ3v) is 7.04. The van der Waals surface area contributed by atoms with Gasteiger partial charge in [0.1, 0.15) is 35.4 Å². The molecule has 2 heterocycles. The fourth-order valence-corrected chi connectivity index (χ4v) is 5.29. The van der Waals surface area contributed by atoms with Crippen LogP contribution < -0.4 is 11.1 Å². The number of benzene rings is 1. The Bertz CT molecular complexity index is 1050. The topological polar surface area (TPSA) is 159 Å². The summed E-state index contributed by atoms with van der Waals surface area (Å²) < 4.78 is 5.93. The maximum atomic E-state index is 13.1. The molecule has 12 heteroatoms. The summed E-state index contributed by atoms with van der Waals surface area (Å²) in [6.07, 6.45) is -1.23. The number of thioether (sulfide) groups is 1. The maximum Gasteiger partial charge on any atom is 0.355 e. The third-order valence-electron chi connectivity index (χ3n) is 5.61. The summed E-state index contributed by atoms with van der Waals surface area (Å²) in [5, 5.41) is 20.8. The number of amides is 2. The molecular weight excluding hydrogens is 476 g/mol. The van der Waals surface area contributed by atoms with Crippen LogP contribution in [0.2, 0.25) is 0 Å². The second kappa shape index (κ2) is 10.3. The zero-order valence-electron chi connectivity index (χ0n) is 20.1. The maximum absolute atomic E-state index is 13.1. The van der Waals surface area contributed by atoms with Crippen molar-refractivity contribution in [3.05, 3.63) is 41.1 Å². The monoisotopic (exact) mass is 507 g/mol. The minimum Gasteiger partial charge on any atom is -0.508 e. The molecule has 1 saturated heterocycles. The molecule has 2 aliphatic rings. The van der Waals surface area contributed by atoms with Crippen molar-refractivity contribution in [3.8, 4) is 5.75 Å². The van der Waals surface area contributed by atoms with Crippen LogP contribution in [0.3, 0.4) is 0 Å². The Morgan fingerprint density at radius 1 is 1.26 bits per heavy atom. The van der Waals surface area contributed by atoms with Gasteiger partial charge in [0.2, 0.25) is 5.91 Å². The predicted molar refractivity (Wildman–Crippen MR) is 128 cm³/mol. The molecule has 2 amide bonds. The molecule has 190 valence electrons. The van der Waals surface area contributed by atoms with Gasteiger partial charge in [-0.15, -0.1) is 11.8 Å². The Labute approximate surface area is 207 Å². The lowest BCUT2D eigenvalue weighted by molar-refractivity contribution is -0.873. The number of hydrogen-bond acceptors (Lipinski definition) is 8. The van der Waals surface area contributed by atoms with E-state index in [0.29, 0.717) is 21.4 Å². The smallest absolute Gasteiger partial charge is 0.355 e. The number of quaternary nitrogens is 1. The third kappa shape index (κ3) is 6.13. The number of nitrogens with two attached hydrogens (primary N) is 1. The van der Waals surface area contributed by atoms with Crippen LogP contribution in [0.5, 0.6) is 5.75 Å². The van der Waals surface area contributed by atoms with E-state index in [1.54, 1.807) is 6.92 Å². The molecule has 2 aliphatic heterocycles. The van der Waals surface area contributed by atoms with Crippen molar-refractivity contribution >= 4 is 35.5 Å². The highest BCUT2D eigenvalue weighted by Gasteiger charge is 2.54. The SMILES string of the molecule is CC1=C(C(=O)OC(CC(=O)O)C[N+](C)(C)C)N2C(=O)[C@@H](NC(=O)[C@H](N)c3ccc(O)cc3)[C@H]2SC1. The van der Waals surface area contributed by atoms with Gasteiger partial charge in [0.25, 0.3) is 5.91 Å². The first-order valence-corrected chi connectivity index (χ1v) is 12.1. The molecule has 4 atom stereocenters. The number of hydrogen-bond donors (Lipinski definition) is 4. The molecule has 0 spiro atoms. The van der Waals surface area contributed by atoms with Gasteiger partial charge in [-0.2, -0.15) is 0 Å². The van der Waals surface area contributed by atoms with Crippen LogP contribution in [0.4, 0.5) is 0 Å². The highest BCUT2D eigenvalue weighted by Crippen LogP contribution is 2.40. The van der Waals surface area contributed by atoms with Crippen molar-refractivity contribution in [2.24, 2.45) is 5.73 Å². The van der Waals surface area contributed by atoms with Gasteiger partial charge in [0, 0.05) is 5.75 Å². The fourth-order valence-electron chi connectivity index (χ4n) is 3.99. The Morgan fingerprint density at radius 3 is 2.46 bits per heavy atom. The second-order valence-electron chi connectivity index (χ2n) is 9.69. The number of carboxylic acids is 1. The zero-order valence-corrected chi connectivity index (χ0v) is 20.9. The molecule has 0 aromatic heterocycles. The van der Waals surface area contributed by atoms with Crippen molar-refractivity contribution in [2.45, 2.75) is 36.9 Å². The van der Waals surface area contributed by atoms with Gasteiger partial charge in [-0.1, -0.05) is 12.1 Å². The molecule has 1 aromatic rings. The average molecular weight is 508 g/mol. The Balaban J connectivity index is 1.70. The summed E-state index contributed by atoms with van der Waals surface area (Å²) in [5.74, 6) is -2.40. The van der Waals surface area contributed by atoms with E-state index in [1.165, 1.54) is 40.9 Å². The minimum absolute atomic E-state index is 0.0402. The quantitative estimate of drug-likeness (QED) is 0.207. The lowest BCUT2D eigenvalue weighted by atomic mass is 10.0. The van der Waals surface area contributed by atoms with Gasteiger partial charge in [0.05, 0.1) is 27.6 Å². The van der Waals surface area contributed by atoms with Gasteiger partial charge in [-0.3, -0.25) is 19.3 Å². The highest BCUT2D eigenvalue weighted by atomic mass is 32.2. The number of carboxylic acid groups (broad SMARTS) is 1. The summed E-state index contributed by atoms with van der Waals surface area (Å²) in [6.45, 7) is 2.00. The van der Waals surface area contributed by atoms with Crippen LogP contribution in [0, 0.1) is 0 Å². The lowest BCUT2D eigenvalue weighted by Crippen LogP contribution is -2.71. The summed E-state index contributed by atoms with van der Waals surface area (Å²) in [7, 11) is 5.57. The summed E-state index contributed by atoms with van der Waals surface area (Å²) >= 11 is 1.40. The normalized spacial score (nSPS) is 21.5. The van der Waals surface area contributed by atoms with Crippen molar-refractivity contribution in [2.75, 3.05) is 33.4 Å². The van der Waals surface area contributed by atoms with Crippen LogP contribution in [-0.2, 0) is 23.9 Å². The van der Waals surface area contributed by atoms with Crippen LogP contribution in [-0.4, -0.2) is 94.3 Å². The van der Waals surface area contributed by atoms with E-state index < -0.39 is 47.3 Å². The number of rotatable bonds is 9. The molecule has 3 rings (SSSR count). The molecule has 5 N–H and O–H groups in total. The molecule has 11 nitrogen and oxygen atoms in total. The van der Waals surface area contributed by atoms with Crippen molar-refractivity contribution < 1.29 is 38.6 Å². The molecule has 0 aliphatic carbocycles. The lowest BCUT2D eigenvalue weighted by Gasteiger charge is -2.49. The Kier molecular flexibility index (Phi) is 7.77. The minimum atomic E-state index is -1.09. The standard InChI is InChI=1S/C23H30N4O7S/c1-12-11-35-22-18(25-20(31)17(24)13-5-7-14(28)8-6-13)21(32)26(22)19(12)23(33)34-15(9-16(29)30)10-27(2,3)4/h5-8,15,17-18,22H,9-11,24H2,1-4H3,(H2-,25,28,29,30,31)/p+1/t15?,17-,18-,22-/m1/s1. The number of carbonyl (C=O) groups excluding carboxylic acids is 3. The second-order valence-corrected chi connectivity index (χ2v) is 10.8. The van der Waals surface area contributed by atoms with E-state index in [2.05, 4.69) is 5.32 Å². The highest BCUT2D eigenvalue weighted by molar-refractivity contribution is 8.00. The molecular formula is C23H31N4O7S+. The summed E-state index contributed by atoms with van der Waals surface area (Å²) in [5.41, 5.74) is 7.21. The van der Waals surface area contributed by atoms with Gasteiger partial charge in [-0.25, -0.2) is 4.79 Å². The number of likely N-dealkylation sites (N-methyl/N-ethyl adjacent to an activating group) is 1. The summed E-state index contributed by atoms with van der Waals surface area (Å²) in [6, 6.07) is 3.96. The number of ether oxygens (including phenoxy) is 1. The number of carbonyl (C=O) groups is 4. The molecule has 0 radical (unpaired) electrons. The number of phenols is 1. The Hall–Kier alpha value is -3.09. The van der Waals surface area contributed by atoms with Crippen molar-refractivity contribution in [3.63, 3.8) is 0 Å². The first-order chi connectivity index (χ1) is 16.3. The van der Waals surface area contributed by atoms with Gasteiger partial charge >= 0.3 is 11.9 Å². The van der Waals surface area contributed by atoms with Gasteiger partial charge < -0.3 is 30.5 Å². The van der Waals surface area contributed by atoms with E-state index in [1.807, 2.05) is 21.1 Å². The number of nitrogens with one attached hydrogen (secondary N) is 1. The van der Waals surface area contributed by atoms with E-state index in [-0.39, 0.29) is 24.4 Å². The number of phenolic OH excluding ortho intramolecular Hbond substituents is 1. The molecule has 35 heavy (non-hydrogen) atoms. The Morgan fingerprint density at radius 2 is 1.89 bits per heavy atom. The molecule has 0 saturated carbocycles. The first-order valence-electron chi connectivity index (χ1n) is 11.0. The zero-order chi connectivity index (χ0) is 26.1. The number of nitrogens with zero attached hydrogens (tertiary/aromatic N) is 2. The van der Waals surface area contributed by atoms with Gasteiger partial charge in [-0.05, 0) is 30.2 Å². The van der Waals surface area contributed by atoms with E-state index in [0.717, 1.165) is 0 Å². The predicted octanol–water partition coefficient (Wildman–Crippen LogP) is 0.159. The number of aliphatic carboxylic acids is 1. The molecule has 1 fully saturated rings. The summed E-state index contributed by atoms with van der Waals surface area (Å²) in [4.78, 5) is 51.3. The number of esters is 1. The van der Waals surface area contributed by atoms with Crippen LogP contribution in [0.15, 0.2) is 35.5 Å². The van der Waals surface area contributed by atoms with Crippen LogP contribution in [0.25, 0.3) is 0 Å².